The molecule has 0 saturated heterocycles. The van der Waals surface area contributed by atoms with Crippen LogP contribution in [0.1, 0.15) is 43.5 Å². The largest absolute Gasteiger partial charge is 0.478 e. The summed E-state index contributed by atoms with van der Waals surface area (Å²) in [5, 5.41) is 14.6. The minimum absolute atomic E-state index is 0.201. The van der Waals surface area contributed by atoms with E-state index in [9.17, 15) is 9.59 Å². The number of carboxylic acids is 1. The average Bonchev–Trinajstić information content (AvgIpc) is 2.44. The Morgan fingerprint density at radius 1 is 1.14 bits per heavy atom. The smallest absolute Gasteiger partial charge is 0.335 e. The average molecular weight is 290 g/mol. The maximum atomic E-state index is 12.0. The molecule has 1 aromatic rings. The SMILES string of the molecule is CC1CCCC(NC(=O)Nc2ccc(C(=O)O)cc2)C1C. The zero-order valence-electron chi connectivity index (χ0n) is 12.4. The summed E-state index contributed by atoms with van der Waals surface area (Å²) in [5.41, 5.74) is 0.796. The third-order valence-electron chi connectivity index (χ3n) is 4.41. The number of carbonyl (C=O) groups excluding carboxylic acids is 1. The number of urea groups is 1. The van der Waals surface area contributed by atoms with Gasteiger partial charge in [0.05, 0.1) is 5.56 Å². The number of rotatable bonds is 3. The van der Waals surface area contributed by atoms with Crippen LogP contribution in [0.15, 0.2) is 24.3 Å². The van der Waals surface area contributed by atoms with E-state index >= 15 is 0 Å². The first-order valence-electron chi connectivity index (χ1n) is 7.38. The summed E-state index contributed by atoms with van der Waals surface area (Å²) in [6.45, 7) is 4.40. The first-order chi connectivity index (χ1) is 9.97. The minimum atomic E-state index is -0.976. The fourth-order valence-electron chi connectivity index (χ4n) is 2.82. The second-order valence-corrected chi connectivity index (χ2v) is 5.85. The van der Waals surface area contributed by atoms with Crippen LogP contribution < -0.4 is 10.6 Å². The van der Waals surface area contributed by atoms with Gasteiger partial charge in [0.2, 0.25) is 0 Å². The highest BCUT2D eigenvalue weighted by Crippen LogP contribution is 2.29. The van der Waals surface area contributed by atoms with E-state index in [0.29, 0.717) is 17.5 Å². The van der Waals surface area contributed by atoms with Gasteiger partial charge in [-0.15, -0.1) is 0 Å². The molecule has 2 amide bonds. The molecule has 1 fully saturated rings. The molecule has 1 aliphatic rings. The van der Waals surface area contributed by atoms with Crippen molar-refractivity contribution in [2.45, 2.75) is 39.2 Å². The van der Waals surface area contributed by atoms with Crippen LogP contribution in [0, 0.1) is 11.8 Å². The molecule has 3 atom stereocenters. The maximum Gasteiger partial charge on any atom is 0.335 e. The molecule has 5 heteroatoms. The molecule has 0 radical (unpaired) electrons. The van der Waals surface area contributed by atoms with E-state index in [2.05, 4.69) is 24.5 Å². The number of carbonyl (C=O) groups is 2. The number of anilines is 1. The van der Waals surface area contributed by atoms with E-state index in [1.807, 2.05) is 0 Å². The molecule has 3 unspecified atom stereocenters. The van der Waals surface area contributed by atoms with Gasteiger partial charge in [-0.2, -0.15) is 0 Å². The van der Waals surface area contributed by atoms with E-state index in [1.54, 1.807) is 12.1 Å². The van der Waals surface area contributed by atoms with Crippen LogP contribution in [0.4, 0.5) is 10.5 Å². The van der Waals surface area contributed by atoms with Gasteiger partial charge >= 0.3 is 12.0 Å². The van der Waals surface area contributed by atoms with Gasteiger partial charge in [-0.1, -0.05) is 26.7 Å². The predicted molar refractivity (Wildman–Crippen MR) is 81.5 cm³/mol. The monoisotopic (exact) mass is 290 g/mol. The highest BCUT2D eigenvalue weighted by Gasteiger charge is 2.28. The van der Waals surface area contributed by atoms with Gasteiger partial charge in [0.15, 0.2) is 0 Å². The summed E-state index contributed by atoms with van der Waals surface area (Å²) in [4.78, 5) is 22.8. The lowest BCUT2D eigenvalue weighted by Crippen LogP contribution is -2.45. The number of hydrogen-bond acceptors (Lipinski definition) is 2. The molecule has 0 aromatic heterocycles. The zero-order chi connectivity index (χ0) is 15.4. The molecule has 3 N–H and O–H groups in total. The first kappa shape index (κ1) is 15.4. The molecule has 5 nitrogen and oxygen atoms in total. The number of aromatic carboxylic acids is 1. The van der Waals surface area contributed by atoms with Gasteiger partial charge in [0, 0.05) is 11.7 Å². The van der Waals surface area contributed by atoms with Gasteiger partial charge in [-0.25, -0.2) is 9.59 Å². The Balaban J connectivity index is 1.90. The molecule has 0 bridgehead atoms. The van der Waals surface area contributed by atoms with Crippen LogP contribution in [0.3, 0.4) is 0 Å². The van der Waals surface area contributed by atoms with Crippen LogP contribution in [-0.2, 0) is 0 Å². The first-order valence-corrected chi connectivity index (χ1v) is 7.38. The van der Waals surface area contributed by atoms with E-state index in [-0.39, 0.29) is 17.6 Å². The summed E-state index contributed by atoms with van der Waals surface area (Å²) in [6, 6.07) is 6.11. The zero-order valence-corrected chi connectivity index (χ0v) is 12.4. The normalized spacial score (nSPS) is 25.1. The molecule has 1 saturated carbocycles. The standard InChI is InChI=1S/C16H22N2O3/c1-10-4-3-5-14(11(10)2)18-16(21)17-13-8-6-12(7-9-13)15(19)20/h6-11,14H,3-5H2,1-2H3,(H,19,20)(H2,17,18,21). The fraction of sp³-hybridized carbons (Fsp3) is 0.500. The number of carboxylic acid groups (broad SMARTS) is 1. The Morgan fingerprint density at radius 2 is 1.81 bits per heavy atom. The predicted octanol–water partition coefficient (Wildman–Crippen LogP) is 3.33. The molecular weight excluding hydrogens is 268 g/mol. The number of hydrogen-bond donors (Lipinski definition) is 3. The third kappa shape index (κ3) is 3.97. The van der Waals surface area contributed by atoms with Crippen LogP contribution in [-0.4, -0.2) is 23.1 Å². The Labute approximate surface area is 124 Å². The van der Waals surface area contributed by atoms with E-state index < -0.39 is 5.97 Å². The molecule has 0 aliphatic heterocycles. The molecule has 114 valence electrons. The summed E-state index contributed by atoms with van der Waals surface area (Å²) in [6.07, 6.45) is 3.37. The molecule has 21 heavy (non-hydrogen) atoms. The van der Waals surface area contributed by atoms with Gasteiger partial charge in [0.25, 0.3) is 0 Å². The molecule has 1 aliphatic carbocycles. The Bertz CT molecular complexity index is 513. The van der Waals surface area contributed by atoms with Gasteiger partial charge in [0.1, 0.15) is 0 Å². The number of benzene rings is 1. The van der Waals surface area contributed by atoms with Gasteiger partial charge in [-0.05, 0) is 42.5 Å². The second-order valence-electron chi connectivity index (χ2n) is 5.85. The molecule has 2 rings (SSSR count). The van der Waals surface area contributed by atoms with Crippen molar-refractivity contribution >= 4 is 17.7 Å². The van der Waals surface area contributed by atoms with Crippen molar-refractivity contribution in [3.05, 3.63) is 29.8 Å². The van der Waals surface area contributed by atoms with Crippen molar-refractivity contribution in [1.29, 1.82) is 0 Å². The number of amides is 2. The summed E-state index contributed by atoms with van der Waals surface area (Å²) in [7, 11) is 0. The van der Waals surface area contributed by atoms with Crippen molar-refractivity contribution in [3.8, 4) is 0 Å². The summed E-state index contributed by atoms with van der Waals surface area (Å²) in [5.74, 6) is 0.119. The van der Waals surface area contributed by atoms with Gasteiger partial charge < -0.3 is 15.7 Å². The van der Waals surface area contributed by atoms with Crippen LogP contribution in [0.2, 0.25) is 0 Å². The lowest BCUT2D eigenvalue weighted by molar-refractivity contribution is 0.0697. The van der Waals surface area contributed by atoms with Crippen molar-refractivity contribution in [3.63, 3.8) is 0 Å². The van der Waals surface area contributed by atoms with E-state index in [4.69, 9.17) is 5.11 Å². The molecule has 0 heterocycles. The summed E-state index contributed by atoms with van der Waals surface area (Å²) >= 11 is 0. The topological polar surface area (TPSA) is 78.4 Å². The Morgan fingerprint density at radius 3 is 2.43 bits per heavy atom. The fourth-order valence-corrected chi connectivity index (χ4v) is 2.82. The number of nitrogens with one attached hydrogen (secondary N) is 2. The minimum Gasteiger partial charge on any atom is -0.478 e. The second kappa shape index (κ2) is 6.61. The van der Waals surface area contributed by atoms with E-state index in [1.165, 1.54) is 18.6 Å². The van der Waals surface area contributed by atoms with E-state index in [0.717, 1.165) is 12.8 Å². The summed E-state index contributed by atoms with van der Waals surface area (Å²) < 4.78 is 0. The third-order valence-corrected chi connectivity index (χ3v) is 4.41. The molecule has 1 aromatic carbocycles. The molecular formula is C16H22N2O3. The lowest BCUT2D eigenvalue weighted by atomic mass is 9.78. The van der Waals surface area contributed by atoms with Crippen LogP contribution in [0.5, 0.6) is 0 Å². The van der Waals surface area contributed by atoms with Gasteiger partial charge in [-0.3, -0.25) is 0 Å². The lowest BCUT2D eigenvalue weighted by Gasteiger charge is -2.34. The highest BCUT2D eigenvalue weighted by molar-refractivity contribution is 5.91. The molecule has 0 spiro atoms. The highest BCUT2D eigenvalue weighted by atomic mass is 16.4. The van der Waals surface area contributed by atoms with Crippen molar-refractivity contribution in [2.24, 2.45) is 11.8 Å². The van der Waals surface area contributed by atoms with Crippen molar-refractivity contribution < 1.29 is 14.7 Å². The van der Waals surface area contributed by atoms with Crippen LogP contribution >= 0.6 is 0 Å². The Hall–Kier alpha value is -2.04. The quantitative estimate of drug-likeness (QED) is 0.799. The van der Waals surface area contributed by atoms with Crippen LogP contribution in [0.25, 0.3) is 0 Å². The Kier molecular flexibility index (Phi) is 4.83. The van der Waals surface area contributed by atoms with Crippen molar-refractivity contribution in [1.82, 2.24) is 5.32 Å². The maximum absolute atomic E-state index is 12.0. The van der Waals surface area contributed by atoms with Crippen molar-refractivity contribution in [2.75, 3.05) is 5.32 Å².